The molecule has 4 nitrogen and oxygen atoms in total. The molecule has 1 saturated carbocycles. The zero-order valence-corrected chi connectivity index (χ0v) is 12.8. The third-order valence-corrected chi connectivity index (χ3v) is 4.37. The van der Waals surface area contributed by atoms with Gasteiger partial charge in [0.05, 0.1) is 0 Å². The number of pyridine rings is 1. The lowest BCUT2D eigenvalue weighted by molar-refractivity contribution is 0.247. The average Bonchev–Trinajstić information content (AvgIpc) is 3.34. The van der Waals surface area contributed by atoms with Crippen LogP contribution in [-0.2, 0) is 6.54 Å². The number of rotatable bonds is 6. The minimum absolute atomic E-state index is 0.152. The molecule has 1 aromatic heterocycles. The molecule has 1 aromatic rings. The fraction of sp³-hybridized carbons (Fsp3) is 0.688. The number of piperazine rings is 1. The Bertz CT molecular complexity index is 467. The highest BCUT2D eigenvalue weighted by atomic mass is 19.1. The lowest BCUT2D eigenvalue weighted by Crippen LogP contribution is -2.47. The minimum Gasteiger partial charge on any atom is -0.352 e. The first-order valence-electron chi connectivity index (χ1n) is 8.12. The predicted molar refractivity (Wildman–Crippen MR) is 83.0 cm³/mol. The van der Waals surface area contributed by atoms with Crippen molar-refractivity contribution in [2.45, 2.75) is 38.8 Å². The Kier molecular flexibility index (Phi) is 4.70. The lowest BCUT2D eigenvalue weighted by atomic mass is 10.2. The van der Waals surface area contributed by atoms with Gasteiger partial charge in [-0.25, -0.2) is 9.37 Å². The summed E-state index contributed by atoms with van der Waals surface area (Å²) >= 11 is 0. The molecule has 1 N–H and O–H groups in total. The van der Waals surface area contributed by atoms with Crippen LogP contribution in [0, 0.1) is 5.82 Å². The molecule has 3 rings (SSSR count). The van der Waals surface area contributed by atoms with Gasteiger partial charge in [-0.15, -0.1) is 0 Å². The van der Waals surface area contributed by atoms with Crippen molar-refractivity contribution in [3.8, 4) is 0 Å². The molecule has 21 heavy (non-hydrogen) atoms. The van der Waals surface area contributed by atoms with Gasteiger partial charge in [0.1, 0.15) is 0 Å². The van der Waals surface area contributed by atoms with E-state index >= 15 is 0 Å². The zero-order valence-electron chi connectivity index (χ0n) is 12.8. The Balaban J connectivity index is 1.63. The fourth-order valence-electron chi connectivity index (χ4n) is 2.97. The highest BCUT2D eigenvalue weighted by Crippen LogP contribution is 2.29. The molecule has 5 heteroatoms. The van der Waals surface area contributed by atoms with Crippen LogP contribution in [0.2, 0.25) is 0 Å². The van der Waals surface area contributed by atoms with Crippen LogP contribution in [0.1, 0.15) is 31.7 Å². The molecule has 116 valence electrons. The summed E-state index contributed by atoms with van der Waals surface area (Å²) in [7, 11) is 0. The molecule has 0 atom stereocenters. The average molecular weight is 292 g/mol. The van der Waals surface area contributed by atoms with Crippen molar-refractivity contribution in [3.05, 3.63) is 23.6 Å². The van der Waals surface area contributed by atoms with E-state index in [0.29, 0.717) is 12.4 Å². The number of hydrogen-bond donors (Lipinski definition) is 1. The van der Waals surface area contributed by atoms with Gasteiger partial charge in [-0.1, -0.05) is 6.92 Å². The summed E-state index contributed by atoms with van der Waals surface area (Å²) < 4.78 is 14.6. The molecule has 1 aliphatic heterocycles. The van der Waals surface area contributed by atoms with Crippen molar-refractivity contribution < 1.29 is 4.39 Å². The molecule has 1 saturated heterocycles. The summed E-state index contributed by atoms with van der Waals surface area (Å²) in [5.74, 6) is 0.377. The molecule has 0 radical (unpaired) electrons. The molecule has 2 fully saturated rings. The van der Waals surface area contributed by atoms with E-state index in [4.69, 9.17) is 0 Å². The van der Waals surface area contributed by atoms with Crippen LogP contribution < -0.4 is 10.2 Å². The van der Waals surface area contributed by atoms with Crippen molar-refractivity contribution in [3.63, 3.8) is 0 Å². The van der Waals surface area contributed by atoms with Gasteiger partial charge in [-0.2, -0.15) is 0 Å². The standard InChI is InChI=1S/C16H25FN4/c1-2-6-18-12-13-5-7-19-16(15(13)17)21-10-8-20(9-11-21)14-3-4-14/h5,7,14,18H,2-4,6,8-12H2,1H3. The van der Waals surface area contributed by atoms with Crippen LogP contribution in [0.15, 0.2) is 12.3 Å². The molecule has 0 aromatic carbocycles. The minimum atomic E-state index is -0.152. The Morgan fingerprint density at radius 2 is 2.05 bits per heavy atom. The van der Waals surface area contributed by atoms with Gasteiger partial charge in [-0.05, 0) is 31.9 Å². The molecular formula is C16H25FN4. The number of halogens is 1. The van der Waals surface area contributed by atoms with Crippen LogP contribution in [0.4, 0.5) is 10.2 Å². The molecule has 0 amide bonds. The van der Waals surface area contributed by atoms with Crippen LogP contribution >= 0.6 is 0 Å². The van der Waals surface area contributed by atoms with Gasteiger partial charge in [0.25, 0.3) is 0 Å². The molecular weight excluding hydrogens is 267 g/mol. The Morgan fingerprint density at radius 3 is 2.71 bits per heavy atom. The largest absolute Gasteiger partial charge is 0.352 e. The molecule has 2 aliphatic rings. The van der Waals surface area contributed by atoms with Gasteiger partial charge < -0.3 is 10.2 Å². The molecule has 0 spiro atoms. The first kappa shape index (κ1) is 14.7. The van der Waals surface area contributed by atoms with E-state index < -0.39 is 0 Å². The first-order chi connectivity index (χ1) is 10.3. The van der Waals surface area contributed by atoms with Crippen molar-refractivity contribution >= 4 is 5.82 Å². The van der Waals surface area contributed by atoms with E-state index in [9.17, 15) is 4.39 Å². The molecule has 0 bridgehead atoms. The summed E-state index contributed by atoms with van der Waals surface area (Å²) in [6.07, 6.45) is 5.47. The third-order valence-electron chi connectivity index (χ3n) is 4.37. The smallest absolute Gasteiger partial charge is 0.170 e. The van der Waals surface area contributed by atoms with E-state index in [1.807, 2.05) is 0 Å². The van der Waals surface area contributed by atoms with Crippen molar-refractivity contribution in [1.29, 1.82) is 0 Å². The van der Waals surface area contributed by atoms with Crippen LogP contribution in [0.25, 0.3) is 0 Å². The van der Waals surface area contributed by atoms with E-state index in [0.717, 1.165) is 50.7 Å². The monoisotopic (exact) mass is 292 g/mol. The second kappa shape index (κ2) is 6.71. The van der Waals surface area contributed by atoms with E-state index in [-0.39, 0.29) is 5.82 Å². The number of nitrogens with zero attached hydrogens (tertiary/aromatic N) is 3. The molecule has 1 aliphatic carbocycles. The van der Waals surface area contributed by atoms with Crippen LogP contribution in [-0.4, -0.2) is 48.6 Å². The second-order valence-corrected chi connectivity index (χ2v) is 6.04. The predicted octanol–water partition coefficient (Wildman–Crippen LogP) is 2.00. The van der Waals surface area contributed by atoms with Crippen molar-refractivity contribution in [1.82, 2.24) is 15.2 Å². The number of nitrogens with one attached hydrogen (secondary N) is 1. The maximum Gasteiger partial charge on any atom is 0.170 e. The summed E-state index contributed by atoms with van der Waals surface area (Å²) in [6, 6.07) is 2.58. The molecule has 2 heterocycles. The van der Waals surface area contributed by atoms with Gasteiger partial charge >= 0.3 is 0 Å². The highest BCUT2D eigenvalue weighted by Gasteiger charge is 2.32. The topological polar surface area (TPSA) is 31.4 Å². The highest BCUT2D eigenvalue weighted by molar-refractivity contribution is 5.43. The van der Waals surface area contributed by atoms with E-state index in [2.05, 4.69) is 27.0 Å². The van der Waals surface area contributed by atoms with Gasteiger partial charge in [0, 0.05) is 50.5 Å². The summed E-state index contributed by atoms with van der Waals surface area (Å²) in [5, 5.41) is 3.26. The first-order valence-corrected chi connectivity index (χ1v) is 8.12. The quantitative estimate of drug-likeness (QED) is 0.813. The summed E-state index contributed by atoms with van der Waals surface area (Å²) in [5.41, 5.74) is 0.720. The zero-order chi connectivity index (χ0) is 14.7. The Hall–Kier alpha value is -1.20. The normalized spacial score (nSPS) is 20.0. The number of aromatic nitrogens is 1. The Morgan fingerprint density at radius 1 is 1.29 bits per heavy atom. The maximum absolute atomic E-state index is 14.6. The lowest BCUT2D eigenvalue weighted by Gasteiger charge is -2.35. The van der Waals surface area contributed by atoms with Gasteiger partial charge in [-0.3, -0.25) is 4.90 Å². The number of hydrogen-bond acceptors (Lipinski definition) is 4. The summed E-state index contributed by atoms with van der Waals surface area (Å²) in [4.78, 5) is 8.90. The van der Waals surface area contributed by atoms with Crippen molar-refractivity contribution in [2.75, 3.05) is 37.6 Å². The number of anilines is 1. The molecule has 0 unspecified atom stereocenters. The van der Waals surface area contributed by atoms with E-state index in [1.54, 1.807) is 12.3 Å². The maximum atomic E-state index is 14.6. The fourth-order valence-corrected chi connectivity index (χ4v) is 2.97. The van der Waals surface area contributed by atoms with Gasteiger partial charge in [0.15, 0.2) is 11.6 Å². The van der Waals surface area contributed by atoms with Crippen LogP contribution in [0.3, 0.4) is 0 Å². The van der Waals surface area contributed by atoms with Crippen molar-refractivity contribution in [2.24, 2.45) is 0 Å². The SMILES string of the molecule is CCCNCc1ccnc(N2CCN(C3CC3)CC2)c1F. The Labute approximate surface area is 126 Å². The van der Waals surface area contributed by atoms with Crippen LogP contribution in [0.5, 0.6) is 0 Å². The second-order valence-electron chi connectivity index (χ2n) is 6.04. The van der Waals surface area contributed by atoms with Gasteiger partial charge in [0.2, 0.25) is 0 Å². The third kappa shape index (κ3) is 3.52. The van der Waals surface area contributed by atoms with E-state index in [1.165, 1.54) is 12.8 Å². The summed E-state index contributed by atoms with van der Waals surface area (Å²) in [6.45, 7) is 7.43.